The molecule has 0 aliphatic heterocycles. The second-order valence-electron chi connectivity index (χ2n) is 4.57. The smallest absolute Gasteiger partial charge is 0.335 e. The molecule has 114 valence electrons. The number of carbonyl (C=O) groups is 1. The lowest BCUT2D eigenvalue weighted by molar-refractivity contribution is 0.0697. The van der Waals surface area contributed by atoms with Crippen LogP contribution in [0.3, 0.4) is 0 Å². The van der Waals surface area contributed by atoms with Crippen molar-refractivity contribution >= 4 is 23.0 Å². The highest BCUT2D eigenvalue weighted by Gasteiger charge is 2.11. The van der Waals surface area contributed by atoms with Gasteiger partial charge in [-0.3, -0.25) is 9.20 Å². The van der Waals surface area contributed by atoms with Crippen molar-refractivity contribution in [1.82, 2.24) is 9.38 Å². The number of aromatic carboxylic acids is 1. The van der Waals surface area contributed by atoms with Crippen LogP contribution in [0.1, 0.15) is 10.4 Å². The topological polar surface area (TPSA) is 117 Å². The number of carboxylic acids is 1. The van der Waals surface area contributed by atoms with Crippen molar-refractivity contribution in [2.45, 2.75) is 0 Å². The molecule has 23 heavy (non-hydrogen) atoms. The summed E-state index contributed by atoms with van der Waals surface area (Å²) in [7, 11) is 0. The van der Waals surface area contributed by atoms with E-state index >= 15 is 0 Å². The molecule has 3 aromatic rings. The normalized spacial score (nSPS) is 11.1. The van der Waals surface area contributed by atoms with Gasteiger partial charge in [0, 0.05) is 6.20 Å². The number of aromatic hydroxyl groups is 1. The Labute approximate surface area is 129 Å². The summed E-state index contributed by atoms with van der Waals surface area (Å²) in [4.78, 5) is 26.9. The van der Waals surface area contributed by atoms with Crippen LogP contribution in [0.15, 0.2) is 63.7 Å². The van der Waals surface area contributed by atoms with Crippen molar-refractivity contribution in [2.75, 3.05) is 0 Å². The fourth-order valence-corrected chi connectivity index (χ4v) is 1.93. The highest BCUT2D eigenvalue weighted by Crippen LogP contribution is 2.22. The van der Waals surface area contributed by atoms with E-state index in [4.69, 9.17) is 5.11 Å². The van der Waals surface area contributed by atoms with Crippen LogP contribution in [-0.2, 0) is 0 Å². The Balaban J connectivity index is 2.00. The minimum absolute atomic E-state index is 0.110. The summed E-state index contributed by atoms with van der Waals surface area (Å²) in [6.07, 6.45) is 1.50. The maximum Gasteiger partial charge on any atom is 0.335 e. The van der Waals surface area contributed by atoms with Crippen LogP contribution in [0.5, 0.6) is 5.88 Å². The first kappa shape index (κ1) is 14.4. The van der Waals surface area contributed by atoms with Gasteiger partial charge in [-0.15, -0.1) is 5.11 Å². The van der Waals surface area contributed by atoms with Crippen LogP contribution in [0.25, 0.3) is 5.65 Å². The maximum absolute atomic E-state index is 12.2. The number of rotatable bonds is 3. The molecule has 3 rings (SSSR count). The fourth-order valence-electron chi connectivity index (χ4n) is 1.93. The fraction of sp³-hybridized carbons (Fsp3) is 0. The standard InChI is InChI=1S/C15H10N4O4/c20-13-12(14(21)19-8-2-1-3-11(19)16-13)18-17-10-6-4-9(5-7-10)15(22)23/h1-8,20H,(H,22,23). The molecule has 2 aromatic heterocycles. The predicted octanol–water partition coefficient (Wildman–Crippen LogP) is 2.51. The molecule has 8 nitrogen and oxygen atoms in total. The van der Waals surface area contributed by atoms with Crippen molar-refractivity contribution in [3.05, 3.63) is 64.6 Å². The molecule has 8 heteroatoms. The number of fused-ring (bicyclic) bond motifs is 1. The first-order valence-corrected chi connectivity index (χ1v) is 6.52. The number of pyridine rings is 1. The minimum Gasteiger partial charge on any atom is -0.491 e. The lowest BCUT2D eigenvalue weighted by Gasteiger charge is -2.02. The Morgan fingerprint density at radius 2 is 1.83 bits per heavy atom. The van der Waals surface area contributed by atoms with Gasteiger partial charge < -0.3 is 10.2 Å². The molecule has 0 amide bonds. The molecule has 1 aromatic carbocycles. The van der Waals surface area contributed by atoms with E-state index in [1.165, 1.54) is 34.9 Å². The van der Waals surface area contributed by atoms with Gasteiger partial charge in [-0.2, -0.15) is 10.1 Å². The molecule has 2 N–H and O–H groups in total. The maximum atomic E-state index is 12.2. The van der Waals surface area contributed by atoms with Crippen LogP contribution < -0.4 is 5.56 Å². The van der Waals surface area contributed by atoms with E-state index in [0.29, 0.717) is 11.3 Å². The zero-order chi connectivity index (χ0) is 16.4. The van der Waals surface area contributed by atoms with Gasteiger partial charge in [0.05, 0.1) is 11.3 Å². The third-order valence-corrected chi connectivity index (χ3v) is 3.07. The summed E-state index contributed by atoms with van der Waals surface area (Å²) in [5.74, 6) is -1.57. The van der Waals surface area contributed by atoms with Gasteiger partial charge in [0.1, 0.15) is 5.65 Å². The van der Waals surface area contributed by atoms with Crippen molar-refractivity contribution in [2.24, 2.45) is 10.2 Å². The average Bonchev–Trinajstić information content (AvgIpc) is 2.55. The van der Waals surface area contributed by atoms with E-state index in [1.807, 2.05) is 0 Å². The van der Waals surface area contributed by atoms with Crippen molar-refractivity contribution in [3.8, 4) is 5.88 Å². The Morgan fingerprint density at radius 3 is 2.52 bits per heavy atom. The first-order chi connectivity index (χ1) is 11.1. The molecule has 0 bridgehead atoms. The highest BCUT2D eigenvalue weighted by molar-refractivity contribution is 5.87. The predicted molar refractivity (Wildman–Crippen MR) is 80.7 cm³/mol. The van der Waals surface area contributed by atoms with Gasteiger partial charge in [-0.05, 0) is 36.4 Å². The van der Waals surface area contributed by atoms with E-state index < -0.39 is 17.4 Å². The summed E-state index contributed by atoms with van der Waals surface area (Å²) in [5, 5.41) is 26.2. The molecular formula is C15H10N4O4. The zero-order valence-corrected chi connectivity index (χ0v) is 11.6. The number of azo groups is 1. The third-order valence-electron chi connectivity index (χ3n) is 3.07. The molecule has 0 atom stereocenters. The lowest BCUT2D eigenvalue weighted by atomic mass is 10.2. The van der Waals surface area contributed by atoms with Crippen LogP contribution in [-0.4, -0.2) is 25.6 Å². The second kappa shape index (κ2) is 5.68. The number of aromatic nitrogens is 2. The summed E-state index contributed by atoms with van der Waals surface area (Å²) >= 11 is 0. The number of hydrogen-bond acceptors (Lipinski definition) is 6. The molecule has 0 fully saturated rings. The van der Waals surface area contributed by atoms with Crippen LogP contribution in [0, 0.1) is 0 Å². The first-order valence-electron chi connectivity index (χ1n) is 6.52. The van der Waals surface area contributed by atoms with Crippen molar-refractivity contribution in [1.29, 1.82) is 0 Å². The largest absolute Gasteiger partial charge is 0.491 e. The van der Waals surface area contributed by atoms with Gasteiger partial charge >= 0.3 is 5.97 Å². The Hall–Kier alpha value is -3.55. The molecule has 0 saturated heterocycles. The summed E-state index contributed by atoms with van der Waals surface area (Å²) in [6.45, 7) is 0. The number of nitrogens with zero attached hydrogens (tertiary/aromatic N) is 4. The van der Waals surface area contributed by atoms with E-state index in [2.05, 4.69) is 15.2 Å². The quantitative estimate of drug-likeness (QED) is 0.721. The Kier molecular flexibility index (Phi) is 3.55. The molecule has 0 spiro atoms. The number of hydrogen-bond donors (Lipinski definition) is 2. The molecule has 0 aliphatic carbocycles. The van der Waals surface area contributed by atoms with E-state index in [0.717, 1.165) is 0 Å². The average molecular weight is 310 g/mol. The van der Waals surface area contributed by atoms with Crippen molar-refractivity contribution < 1.29 is 15.0 Å². The van der Waals surface area contributed by atoms with Gasteiger partial charge in [0.15, 0.2) is 0 Å². The van der Waals surface area contributed by atoms with E-state index in [-0.39, 0.29) is 11.3 Å². The van der Waals surface area contributed by atoms with Crippen molar-refractivity contribution in [3.63, 3.8) is 0 Å². The van der Waals surface area contributed by atoms with Crippen LogP contribution in [0.2, 0.25) is 0 Å². The SMILES string of the molecule is O=C(O)c1ccc(N=Nc2c(O)nc3ccccn3c2=O)cc1. The Bertz CT molecular complexity index is 977. The number of carboxylic acid groups (broad SMARTS) is 1. The molecule has 0 saturated carbocycles. The van der Waals surface area contributed by atoms with Gasteiger partial charge in [0.2, 0.25) is 11.6 Å². The Morgan fingerprint density at radius 1 is 1.09 bits per heavy atom. The molecule has 0 unspecified atom stereocenters. The zero-order valence-electron chi connectivity index (χ0n) is 11.6. The summed E-state index contributed by atoms with van der Waals surface area (Å²) < 4.78 is 1.24. The third kappa shape index (κ3) is 2.77. The monoisotopic (exact) mass is 310 g/mol. The second-order valence-corrected chi connectivity index (χ2v) is 4.57. The molecule has 0 radical (unpaired) electrons. The van der Waals surface area contributed by atoms with E-state index in [1.54, 1.807) is 18.2 Å². The van der Waals surface area contributed by atoms with Gasteiger partial charge in [-0.25, -0.2) is 4.79 Å². The van der Waals surface area contributed by atoms with Crippen LogP contribution >= 0.6 is 0 Å². The van der Waals surface area contributed by atoms with E-state index in [9.17, 15) is 14.7 Å². The van der Waals surface area contributed by atoms with Gasteiger partial charge in [-0.1, -0.05) is 6.07 Å². The number of benzene rings is 1. The molecule has 0 aliphatic rings. The van der Waals surface area contributed by atoms with Gasteiger partial charge in [0.25, 0.3) is 5.56 Å². The minimum atomic E-state index is -1.05. The summed E-state index contributed by atoms with van der Waals surface area (Å²) in [6, 6.07) is 10.5. The molecule has 2 heterocycles. The molecular weight excluding hydrogens is 300 g/mol. The lowest BCUT2D eigenvalue weighted by Crippen LogP contribution is -2.13. The van der Waals surface area contributed by atoms with Crippen LogP contribution in [0.4, 0.5) is 11.4 Å². The highest BCUT2D eigenvalue weighted by atomic mass is 16.4. The summed E-state index contributed by atoms with van der Waals surface area (Å²) in [5.41, 5.74) is -0.110.